The highest BCUT2D eigenvalue weighted by molar-refractivity contribution is 6.31. The minimum absolute atomic E-state index is 0.605. The zero-order valence-electron chi connectivity index (χ0n) is 9.29. The second kappa shape index (κ2) is 5.32. The Morgan fingerprint density at radius 1 is 1.44 bits per heavy atom. The van der Waals surface area contributed by atoms with Crippen molar-refractivity contribution in [1.82, 2.24) is 9.97 Å². The molecule has 0 aliphatic carbocycles. The Balaban J connectivity index is 2.02. The maximum atomic E-state index is 5.87. The SMILES string of the molecule is CCCCOCc1cc2cc(Cl)cnc2[nH]1. The van der Waals surface area contributed by atoms with Gasteiger partial charge in [0.05, 0.1) is 11.6 Å². The first-order valence-corrected chi connectivity index (χ1v) is 5.88. The average molecular weight is 239 g/mol. The van der Waals surface area contributed by atoms with Gasteiger partial charge in [0.25, 0.3) is 0 Å². The van der Waals surface area contributed by atoms with Crippen molar-refractivity contribution in [2.75, 3.05) is 6.61 Å². The Morgan fingerprint density at radius 3 is 3.12 bits per heavy atom. The molecule has 0 saturated carbocycles. The predicted molar refractivity (Wildman–Crippen MR) is 65.7 cm³/mol. The van der Waals surface area contributed by atoms with E-state index < -0.39 is 0 Å². The summed E-state index contributed by atoms with van der Waals surface area (Å²) < 4.78 is 5.53. The van der Waals surface area contributed by atoms with Crippen molar-refractivity contribution in [2.45, 2.75) is 26.4 Å². The minimum atomic E-state index is 0.605. The zero-order valence-corrected chi connectivity index (χ0v) is 10.0. The Hall–Kier alpha value is -1.06. The van der Waals surface area contributed by atoms with Gasteiger partial charge < -0.3 is 9.72 Å². The zero-order chi connectivity index (χ0) is 11.4. The lowest BCUT2D eigenvalue weighted by atomic mass is 10.3. The summed E-state index contributed by atoms with van der Waals surface area (Å²) in [6.07, 6.45) is 3.90. The van der Waals surface area contributed by atoms with Crippen LogP contribution in [0.25, 0.3) is 11.0 Å². The highest BCUT2D eigenvalue weighted by Crippen LogP contribution is 2.17. The summed E-state index contributed by atoms with van der Waals surface area (Å²) in [6, 6.07) is 3.93. The maximum absolute atomic E-state index is 5.87. The maximum Gasteiger partial charge on any atom is 0.137 e. The van der Waals surface area contributed by atoms with Gasteiger partial charge >= 0.3 is 0 Å². The molecule has 2 aromatic rings. The highest BCUT2D eigenvalue weighted by atomic mass is 35.5. The quantitative estimate of drug-likeness (QED) is 0.810. The minimum Gasteiger partial charge on any atom is -0.375 e. The number of aromatic amines is 1. The van der Waals surface area contributed by atoms with Crippen LogP contribution in [0.3, 0.4) is 0 Å². The fourth-order valence-electron chi connectivity index (χ4n) is 1.55. The third-order valence-corrected chi connectivity index (χ3v) is 2.60. The Morgan fingerprint density at radius 2 is 2.31 bits per heavy atom. The third kappa shape index (κ3) is 2.74. The van der Waals surface area contributed by atoms with Crippen LogP contribution in [-0.2, 0) is 11.3 Å². The molecule has 0 radical (unpaired) electrons. The van der Waals surface area contributed by atoms with Crippen molar-refractivity contribution >= 4 is 22.6 Å². The first-order chi connectivity index (χ1) is 7.79. The Labute approximate surface area is 99.8 Å². The van der Waals surface area contributed by atoms with E-state index in [0.29, 0.717) is 11.6 Å². The van der Waals surface area contributed by atoms with E-state index in [1.54, 1.807) is 6.20 Å². The number of fused-ring (bicyclic) bond motifs is 1. The number of unbranched alkanes of at least 4 members (excludes halogenated alkanes) is 1. The summed E-state index contributed by atoms with van der Waals surface area (Å²) in [6.45, 7) is 3.56. The van der Waals surface area contributed by atoms with Gasteiger partial charge in [-0.05, 0) is 18.6 Å². The highest BCUT2D eigenvalue weighted by Gasteiger charge is 2.02. The van der Waals surface area contributed by atoms with E-state index in [9.17, 15) is 0 Å². The topological polar surface area (TPSA) is 37.9 Å². The molecular formula is C12H15ClN2O. The molecule has 4 heteroatoms. The van der Waals surface area contributed by atoms with Gasteiger partial charge in [-0.2, -0.15) is 0 Å². The number of ether oxygens (including phenoxy) is 1. The lowest BCUT2D eigenvalue weighted by molar-refractivity contribution is 0.116. The first-order valence-electron chi connectivity index (χ1n) is 5.50. The summed E-state index contributed by atoms with van der Waals surface area (Å²) in [5.74, 6) is 0. The number of rotatable bonds is 5. The fourth-order valence-corrected chi connectivity index (χ4v) is 1.72. The van der Waals surface area contributed by atoms with Crippen LogP contribution in [0.5, 0.6) is 0 Å². The summed E-state index contributed by atoms with van der Waals surface area (Å²) in [4.78, 5) is 7.41. The number of hydrogen-bond donors (Lipinski definition) is 1. The number of aromatic nitrogens is 2. The number of halogens is 1. The molecule has 2 aromatic heterocycles. The lowest BCUT2D eigenvalue weighted by Crippen LogP contribution is -1.94. The standard InChI is InChI=1S/C12H15ClN2O/c1-2-3-4-16-8-11-6-9-5-10(13)7-14-12(9)15-11/h5-7H,2-4,8H2,1H3,(H,14,15). The number of pyridine rings is 1. The molecule has 1 N–H and O–H groups in total. The van der Waals surface area contributed by atoms with Crippen LogP contribution in [0.2, 0.25) is 5.02 Å². The van der Waals surface area contributed by atoms with Crippen LogP contribution in [0.15, 0.2) is 18.3 Å². The third-order valence-electron chi connectivity index (χ3n) is 2.39. The fraction of sp³-hybridized carbons (Fsp3) is 0.417. The van der Waals surface area contributed by atoms with Gasteiger partial charge in [0.2, 0.25) is 0 Å². The van der Waals surface area contributed by atoms with Crippen LogP contribution >= 0.6 is 11.6 Å². The molecule has 0 spiro atoms. The van der Waals surface area contributed by atoms with Crippen LogP contribution in [0, 0.1) is 0 Å². The molecular weight excluding hydrogens is 224 g/mol. The Bertz CT molecular complexity index is 467. The molecule has 0 fully saturated rings. The summed E-state index contributed by atoms with van der Waals surface area (Å²) >= 11 is 5.87. The molecule has 0 unspecified atom stereocenters. The van der Waals surface area contributed by atoms with E-state index in [-0.39, 0.29) is 0 Å². The largest absolute Gasteiger partial charge is 0.375 e. The van der Waals surface area contributed by atoms with E-state index in [2.05, 4.69) is 16.9 Å². The predicted octanol–water partition coefficient (Wildman–Crippen LogP) is 3.53. The number of hydrogen-bond acceptors (Lipinski definition) is 2. The van der Waals surface area contributed by atoms with Crippen molar-refractivity contribution in [3.63, 3.8) is 0 Å². The molecule has 2 rings (SSSR count). The van der Waals surface area contributed by atoms with Crippen molar-refractivity contribution < 1.29 is 4.74 Å². The molecule has 86 valence electrons. The molecule has 0 amide bonds. The van der Waals surface area contributed by atoms with E-state index >= 15 is 0 Å². The van der Waals surface area contributed by atoms with Crippen LogP contribution < -0.4 is 0 Å². The van der Waals surface area contributed by atoms with Gasteiger partial charge in [0.15, 0.2) is 0 Å². The molecule has 3 nitrogen and oxygen atoms in total. The molecule has 2 heterocycles. The molecule has 0 aliphatic heterocycles. The van der Waals surface area contributed by atoms with E-state index in [1.807, 2.05) is 12.1 Å². The van der Waals surface area contributed by atoms with Crippen molar-refractivity contribution in [3.8, 4) is 0 Å². The second-order valence-electron chi connectivity index (χ2n) is 3.79. The number of nitrogens with one attached hydrogen (secondary N) is 1. The lowest BCUT2D eigenvalue weighted by Gasteiger charge is -1.99. The van der Waals surface area contributed by atoms with Crippen LogP contribution in [0.4, 0.5) is 0 Å². The van der Waals surface area contributed by atoms with Gasteiger partial charge in [-0.3, -0.25) is 0 Å². The van der Waals surface area contributed by atoms with E-state index in [4.69, 9.17) is 16.3 Å². The second-order valence-corrected chi connectivity index (χ2v) is 4.23. The van der Waals surface area contributed by atoms with E-state index in [0.717, 1.165) is 36.2 Å². The molecule has 0 bridgehead atoms. The van der Waals surface area contributed by atoms with Crippen LogP contribution in [-0.4, -0.2) is 16.6 Å². The summed E-state index contributed by atoms with van der Waals surface area (Å²) in [7, 11) is 0. The number of nitrogens with zero attached hydrogens (tertiary/aromatic N) is 1. The van der Waals surface area contributed by atoms with E-state index in [1.165, 1.54) is 0 Å². The van der Waals surface area contributed by atoms with Crippen molar-refractivity contribution in [3.05, 3.63) is 29.0 Å². The normalized spacial score (nSPS) is 11.1. The molecule has 0 saturated heterocycles. The van der Waals surface area contributed by atoms with Gasteiger partial charge in [-0.15, -0.1) is 0 Å². The molecule has 0 atom stereocenters. The smallest absolute Gasteiger partial charge is 0.137 e. The van der Waals surface area contributed by atoms with Gasteiger partial charge in [-0.25, -0.2) is 4.98 Å². The monoisotopic (exact) mass is 238 g/mol. The molecule has 0 aromatic carbocycles. The van der Waals surface area contributed by atoms with Crippen molar-refractivity contribution in [2.24, 2.45) is 0 Å². The summed E-state index contributed by atoms with van der Waals surface area (Å²) in [5, 5.41) is 1.69. The molecule has 16 heavy (non-hydrogen) atoms. The van der Waals surface area contributed by atoms with Gasteiger partial charge in [0, 0.05) is 23.9 Å². The van der Waals surface area contributed by atoms with Crippen molar-refractivity contribution in [1.29, 1.82) is 0 Å². The van der Waals surface area contributed by atoms with Gasteiger partial charge in [0.1, 0.15) is 5.65 Å². The average Bonchev–Trinajstić information content (AvgIpc) is 2.66. The summed E-state index contributed by atoms with van der Waals surface area (Å²) in [5.41, 5.74) is 1.90. The van der Waals surface area contributed by atoms with Gasteiger partial charge in [-0.1, -0.05) is 24.9 Å². The Kier molecular flexibility index (Phi) is 3.80. The number of H-pyrrole nitrogens is 1. The molecule has 0 aliphatic rings. The van der Waals surface area contributed by atoms with Crippen LogP contribution in [0.1, 0.15) is 25.5 Å². The first kappa shape index (κ1) is 11.4.